The van der Waals surface area contributed by atoms with Crippen LogP contribution in [0.4, 0.5) is 4.79 Å². The Kier molecular flexibility index (Phi) is 2.88. The van der Waals surface area contributed by atoms with E-state index in [2.05, 4.69) is 0 Å². The first kappa shape index (κ1) is 9.73. The minimum Gasteiger partial charge on any atom is -0.442 e. The number of nitrogens with zero attached hydrogens (tertiary/aromatic N) is 1. The number of carbonyl (C=O) groups excluding carboxylic acids is 1. The predicted octanol–water partition coefficient (Wildman–Crippen LogP) is -0.0215. The molecule has 0 bridgehead atoms. The Bertz CT molecular complexity index is 215. The third-order valence-corrected chi connectivity index (χ3v) is 2.74. The normalized spacial score (nSPS) is 29.4. The van der Waals surface area contributed by atoms with Crippen molar-refractivity contribution in [2.75, 3.05) is 26.4 Å². The van der Waals surface area contributed by atoms with Crippen LogP contribution in [0.25, 0.3) is 0 Å². The molecule has 0 spiro atoms. The molecule has 2 saturated heterocycles. The molecule has 14 heavy (non-hydrogen) atoms. The Balaban J connectivity index is 1.93. The Morgan fingerprint density at radius 1 is 1.43 bits per heavy atom. The van der Waals surface area contributed by atoms with Gasteiger partial charge in [-0.2, -0.15) is 0 Å². The van der Waals surface area contributed by atoms with Gasteiger partial charge in [-0.3, -0.25) is 0 Å². The van der Waals surface area contributed by atoms with E-state index in [4.69, 9.17) is 14.6 Å². The fraction of sp³-hybridized carbons (Fsp3) is 0.889. The van der Waals surface area contributed by atoms with Crippen LogP contribution in [0, 0.1) is 0 Å². The highest BCUT2D eigenvalue weighted by Gasteiger charge is 2.36. The number of carbonyl (C=O) groups is 1. The zero-order chi connectivity index (χ0) is 9.97. The molecule has 2 heterocycles. The third-order valence-electron chi connectivity index (χ3n) is 2.74. The minimum absolute atomic E-state index is 0.0918. The van der Waals surface area contributed by atoms with Crippen LogP contribution in [0.5, 0.6) is 0 Å². The molecule has 0 aromatic carbocycles. The lowest BCUT2D eigenvalue weighted by Crippen LogP contribution is -2.40. The van der Waals surface area contributed by atoms with Crippen molar-refractivity contribution in [1.29, 1.82) is 0 Å². The Hall–Kier alpha value is -0.810. The number of hydrogen-bond donors (Lipinski definition) is 1. The molecule has 2 aliphatic rings. The maximum absolute atomic E-state index is 11.4. The molecule has 80 valence electrons. The predicted molar refractivity (Wildman–Crippen MR) is 47.9 cm³/mol. The van der Waals surface area contributed by atoms with Crippen molar-refractivity contribution in [2.45, 2.75) is 25.0 Å². The fourth-order valence-electron chi connectivity index (χ4n) is 1.93. The summed E-state index contributed by atoms with van der Waals surface area (Å²) in [7, 11) is 0. The lowest BCUT2D eigenvalue weighted by molar-refractivity contribution is 0.0487. The van der Waals surface area contributed by atoms with Crippen LogP contribution >= 0.6 is 0 Å². The van der Waals surface area contributed by atoms with E-state index < -0.39 is 0 Å². The van der Waals surface area contributed by atoms with Crippen LogP contribution < -0.4 is 0 Å². The summed E-state index contributed by atoms with van der Waals surface area (Å²) in [6.45, 7) is 1.84. The molecule has 2 rings (SSSR count). The first-order valence-corrected chi connectivity index (χ1v) is 4.97. The average Bonchev–Trinajstić information content (AvgIpc) is 2.61. The summed E-state index contributed by atoms with van der Waals surface area (Å²) in [5.41, 5.74) is 0. The van der Waals surface area contributed by atoms with Gasteiger partial charge in [0.25, 0.3) is 0 Å². The second kappa shape index (κ2) is 4.14. The molecular weight excluding hydrogens is 186 g/mol. The highest BCUT2D eigenvalue weighted by Crippen LogP contribution is 2.20. The van der Waals surface area contributed by atoms with Gasteiger partial charge < -0.3 is 19.5 Å². The highest BCUT2D eigenvalue weighted by molar-refractivity contribution is 5.70. The lowest BCUT2D eigenvalue weighted by Gasteiger charge is -2.28. The molecule has 0 aromatic heterocycles. The summed E-state index contributed by atoms with van der Waals surface area (Å²) in [6, 6.07) is 0.229. The largest absolute Gasteiger partial charge is 0.442 e. The molecule has 0 aliphatic carbocycles. The third kappa shape index (κ3) is 1.83. The van der Waals surface area contributed by atoms with Gasteiger partial charge in [-0.15, -0.1) is 0 Å². The van der Waals surface area contributed by atoms with Gasteiger partial charge in [0, 0.05) is 19.3 Å². The molecule has 0 aromatic rings. The molecule has 0 unspecified atom stereocenters. The molecule has 1 amide bonds. The molecule has 2 fully saturated rings. The van der Waals surface area contributed by atoms with Gasteiger partial charge in [0.15, 0.2) is 0 Å². The molecule has 2 aliphatic heterocycles. The topological polar surface area (TPSA) is 59.0 Å². The molecule has 1 atom stereocenters. The maximum Gasteiger partial charge on any atom is 0.410 e. The van der Waals surface area contributed by atoms with Crippen LogP contribution in [0.15, 0.2) is 0 Å². The number of aliphatic hydroxyl groups is 1. The van der Waals surface area contributed by atoms with E-state index in [1.807, 2.05) is 0 Å². The quantitative estimate of drug-likeness (QED) is 0.682. The summed E-state index contributed by atoms with van der Waals surface area (Å²) in [4.78, 5) is 13.1. The van der Waals surface area contributed by atoms with E-state index in [0.29, 0.717) is 19.8 Å². The summed E-state index contributed by atoms with van der Waals surface area (Å²) in [6.07, 6.45) is 1.10. The number of hydrogen-bond acceptors (Lipinski definition) is 4. The van der Waals surface area contributed by atoms with Crippen molar-refractivity contribution in [3.8, 4) is 0 Å². The van der Waals surface area contributed by atoms with Crippen LogP contribution in [-0.2, 0) is 9.47 Å². The van der Waals surface area contributed by atoms with E-state index in [9.17, 15) is 4.79 Å². The van der Waals surface area contributed by atoms with Crippen molar-refractivity contribution in [3.05, 3.63) is 0 Å². The van der Waals surface area contributed by atoms with Gasteiger partial charge in [-0.05, 0) is 12.8 Å². The molecule has 0 saturated carbocycles. The smallest absolute Gasteiger partial charge is 0.410 e. The van der Waals surface area contributed by atoms with Gasteiger partial charge in [0.2, 0.25) is 0 Å². The summed E-state index contributed by atoms with van der Waals surface area (Å²) in [5.74, 6) is 0. The van der Waals surface area contributed by atoms with Gasteiger partial charge in [-0.25, -0.2) is 4.79 Å². The van der Waals surface area contributed by atoms with E-state index in [1.165, 1.54) is 0 Å². The van der Waals surface area contributed by atoms with Gasteiger partial charge >= 0.3 is 6.09 Å². The number of cyclic esters (lactones) is 1. The standard InChI is InChI=1S/C9H15NO4/c11-6-8-5-10(9(12)14-8)7-1-3-13-4-2-7/h7-8,11H,1-6H2/t8-/m1/s1. The number of amides is 1. The molecule has 5 nitrogen and oxygen atoms in total. The second-order valence-electron chi connectivity index (χ2n) is 3.68. The summed E-state index contributed by atoms with van der Waals surface area (Å²) in [5, 5.41) is 8.87. The van der Waals surface area contributed by atoms with Crippen molar-refractivity contribution in [1.82, 2.24) is 4.90 Å². The summed E-state index contributed by atoms with van der Waals surface area (Å²) >= 11 is 0. The minimum atomic E-state index is -0.342. The molecule has 5 heteroatoms. The van der Waals surface area contributed by atoms with Crippen molar-refractivity contribution < 1.29 is 19.4 Å². The summed E-state index contributed by atoms with van der Waals surface area (Å²) < 4.78 is 10.2. The van der Waals surface area contributed by atoms with Gasteiger partial charge in [0.05, 0.1) is 13.2 Å². The van der Waals surface area contributed by atoms with Crippen LogP contribution in [-0.4, -0.2) is 54.6 Å². The van der Waals surface area contributed by atoms with Gasteiger partial charge in [-0.1, -0.05) is 0 Å². The first-order valence-electron chi connectivity index (χ1n) is 4.97. The molecule has 0 radical (unpaired) electrons. The number of ether oxygens (including phenoxy) is 2. The SMILES string of the molecule is O=C1O[C@@H](CO)CN1C1CCOCC1. The Labute approximate surface area is 82.6 Å². The van der Waals surface area contributed by atoms with Crippen LogP contribution in [0.1, 0.15) is 12.8 Å². The number of rotatable bonds is 2. The Morgan fingerprint density at radius 2 is 2.14 bits per heavy atom. The number of aliphatic hydroxyl groups excluding tert-OH is 1. The van der Waals surface area contributed by atoms with Crippen molar-refractivity contribution >= 4 is 6.09 Å². The van der Waals surface area contributed by atoms with Crippen LogP contribution in [0.3, 0.4) is 0 Å². The zero-order valence-corrected chi connectivity index (χ0v) is 8.02. The van der Waals surface area contributed by atoms with Crippen molar-refractivity contribution in [2.24, 2.45) is 0 Å². The van der Waals surface area contributed by atoms with E-state index in [-0.39, 0.29) is 24.8 Å². The zero-order valence-electron chi connectivity index (χ0n) is 8.02. The second-order valence-corrected chi connectivity index (χ2v) is 3.68. The highest BCUT2D eigenvalue weighted by atomic mass is 16.6. The Morgan fingerprint density at radius 3 is 2.71 bits per heavy atom. The van der Waals surface area contributed by atoms with E-state index >= 15 is 0 Å². The van der Waals surface area contributed by atoms with Gasteiger partial charge in [0.1, 0.15) is 6.10 Å². The van der Waals surface area contributed by atoms with Crippen LogP contribution in [0.2, 0.25) is 0 Å². The molecule has 1 N–H and O–H groups in total. The average molecular weight is 201 g/mol. The fourth-order valence-corrected chi connectivity index (χ4v) is 1.93. The molecular formula is C9H15NO4. The first-order chi connectivity index (χ1) is 6.81. The van der Waals surface area contributed by atoms with E-state index in [0.717, 1.165) is 12.8 Å². The van der Waals surface area contributed by atoms with E-state index in [1.54, 1.807) is 4.90 Å². The van der Waals surface area contributed by atoms with Crippen molar-refractivity contribution in [3.63, 3.8) is 0 Å². The monoisotopic (exact) mass is 201 g/mol. The lowest BCUT2D eigenvalue weighted by atomic mass is 10.1. The maximum atomic E-state index is 11.4.